The second kappa shape index (κ2) is 8.29. The number of aryl methyl sites for hydroxylation is 2. The fraction of sp³-hybridized carbons (Fsp3) is 0.480. The molecule has 0 N–H and O–H groups in total. The molecule has 2 fully saturated rings. The number of hydrogen-bond donors (Lipinski definition) is 0. The Morgan fingerprint density at radius 1 is 1.10 bits per heavy atom. The van der Waals surface area contributed by atoms with Crippen molar-refractivity contribution in [3.63, 3.8) is 0 Å². The Kier molecular flexibility index (Phi) is 5.75. The summed E-state index contributed by atoms with van der Waals surface area (Å²) in [6.45, 7) is 11.4. The van der Waals surface area contributed by atoms with Crippen LogP contribution in [0, 0.1) is 19.3 Å². The second-order valence-electron chi connectivity index (χ2n) is 8.98. The summed E-state index contributed by atoms with van der Waals surface area (Å²) in [5.41, 5.74) is 5.08. The van der Waals surface area contributed by atoms with Gasteiger partial charge >= 0.3 is 0 Å². The van der Waals surface area contributed by atoms with Crippen molar-refractivity contribution in [2.24, 2.45) is 5.41 Å². The molecule has 0 saturated carbocycles. The maximum Gasteiger partial charge on any atom is 0.223 e. The Bertz CT molecular complexity index is 866. The van der Waals surface area contributed by atoms with Crippen molar-refractivity contribution in [1.29, 1.82) is 0 Å². The lowest BCUT2D eigenvalue weighted by Gasteiger charge is -2.33. The zero-order valence-electron chi connectivity index (χ0n) is 17.9. The lowest BCUT2D eigenvalue weighted by atomic mass is 9.87. The van der Waals surface area contributed by atoms with Gasteiger partial charge in [-0.1, -0.05) is 54.1 Å². The van der Waals surface area contributed by atoms with Crippen LogP contribution in [0.5, 0.6) is 0 Å². The first-order valence-corrected chi connectivity index (χ1v) is 10.7. The summed E-state index contributed by atoms with van der Waals surface area (Å²) in [5, 5.41) is 0. The molecule has 0 radical (unpaired) electrons. The van der Waals surface area contributed by atoms with E-state index in [9.17, 15) is 4.79 Å². The van der Waals surface area contributed by atoms with E-state index in [0.29, 0.717) is 13.0 Å². The van der Waals surface area contributed by atoms with Crippen molar-refractivity contribution in [1.82, 2.24) is 9.80 Å². The number of ether oxygens (including phenoxy) is 1. The van der Waals surface area contributed by atoms with Crippen LogP contribution < -0.4 is 0 Å². The summed E-state index contributed by atoms with van der Waals surface area (Å²) in [5.74, 6) is 0.249. The molecule has 2 aromatic rings. The van der Waals surface area contributed by atoms with Gasteiger partial charge in [-0.3, -0.25) is 9.69 Å². The number of likely N-dealkylation sites (tertiary alicyclic amines) is 1. The van der Waals surface area contributed by atoms with E-state index in [-0.39, 0.29) is 17.4 Å². The first kappa shape index (κ1) is 20.1. The fourth-order valence-electron chi connectivity index (χ4n) is 4.82. The fourth-order valence-corrected chi connectivity index (χ4v) is 4.82. The van der Waals surface area contributed by atoms with Gasteiger partial charge in [-0.05, 0) is 37.5 Å². The van der Waals surface area contributed by atoms with Gasteiger partial charge in [0.15, 0.2) is 0 Å². The molecule has 4 heteroatoms. The van der Waals surface area contributed by atoms with Crippen molar-refractivity contribution in [2.75, 3.05) is 32.8 Å². The van der Waals surface area contributed by atoms with E-state index in [1.807, 2.05) is 18.2 Å². The molecule has 29 heavy (non-hydrogen) atoms. The molecule has 2 saturated heterocycles. The molecule has 0 aliphatic carbocycles. The molecule has 2 aromatic carbocycles. The molecule has 154 valence electrons. The van der Waals surface area contributed by atoms with Gasteiger partial charge in [-0.2, -0.15) is 0 Å². The molecular formula is C25H32N2O2. The van der Waals surface area contributed by atoms with Crippen LogP contribution in [-0.4, -0.2) is 48.6 Å². The number of hydrogen-bond acceptors (Lipinski definition) is 3. The van der Waals surface area contributed by atoms with E-state index >= 15 is 0 Å². The molecule has 4 nitrogen and oxygen atoms in total. The zero-order valence-corrected chi connectivity index (χ0v) is 17.9. The molecule has 1 amide bonds. The van der Waals surface area contributed by atoms with Gasteiger partial charge in [0.2, 0.25) is 5.91 Å². The molecule has 2 heterocycles. The first-order chi connectivity index (χ1) is 14.0. The van der Waals surface area contributed by atoms with Crippen LogP contribution in [0.25, 0.3) is 0 Å². The Balaban J connectivity index is 1.51. The van der Waals surface area contributed by atoms with Gasteiger partial charge in [0.25, 0.3) is 0 Å². The third-order valence-corrected chi connectivity index (χ3v) is 6.52. The predicted molar refractivity (Wildman–Crippen MR) is 116 cm³/mol. The first-order valence-electron chi connectivity index (χ1n) is 10.7. The average molecular weight is 393 g/mol. The van der Waals surface area contributed by atoms with Crippen molar-refractivity contribution in [3.05, 3.63) is 70.8 Å². The van der Waals surface area contributed by atoms with Gasteiger partial charge in [0.05, 0.1) is 19.3 Å². The van der Waals surface area contributed by atoms with E-state index in [4.69, 9.17) is 4.74 Å². The SMILES string of the molecule is Cc1ccc(C)c(CN2CCOC[C@@]3(CC(=O)N([C@@H](C)c4ccccc4)C3)C2)c1. The van der Waals surface area contributed by atoms with E-state index < -0.39 is 0 Å². The molecule has 0 bridgehead atoms. The summed E-state index contributed by atoms with van der Waals surface area (Å²) >= 11 is 0. The van der Waals surface area contributed by atoms with Crippen LogP contribution in [-0.2, 0) is 16.1 Å². The maximum absolute atomic E-state index is 13.0. The van der Waals surface area contributed by atoms with Gasteiger partial charge in [0, 0.05) is 38.0 Å². The highest BCUT2D eigenvalue weighted by Crippen LogP contribution is 2.38. The molecule has 0 aromatic heterocycles. The third-order valence-electron chi connectivity index (χ3n) is 6.52. The number of benzene rings is 2. The van der Waals surface area contributed by atoms with E-state index in [2.05, 4.69) is 60.9 Å². The summed E-state index contributed by atoms with van der Waals surface area (Å²) < 4.78 is 6.02. The highest BCUT2D eigenvalue weighted by Gasteiger charge is 2.46. The zero-order chi connectivity index (χ0) is 20.4. The van der Waals surface area contributed by atoms with Gasteiger partial charge in [-0.25, -0.2) is 0 Å². The summed E-state index contributed by atoms with van der Waals surface area (Å²) in [6, 6.07) is 17.1. The second-order valence-corrected chi connectivity index (χ2v) is 8.98. The molecule has 0 unspecified atom stereocenters. The topological polar surface area (TPSA) is 32.8 Å². The van der Waals surface area contributed by atoms with E-state index in [0.717, 1.165) is 32.8 Å². The molecule has 1 spiro atoms. The highest BCUT2D eigenvalue weighted by atomic mass is 16.5. The largest absolute Gasteiger partial charge is 0.379 e. The summed E-state index contributed by atoms with van der Waals surface area (Å²) in [7, 11) is 0. The molecule has 2 aliphatic heterocycles. The van der Waals surface area contributed by atoms with E-state index in [1.54, 1.807) is 0 Å². The lowest BCUT2D eigenvalue weighted by molar-refractivity contribution is -0.129. The monoisotopic (exact) mass is 392 g/mol. The van der Waals surface area contributed by atoms with Crippen LogP contribution in [0.15, 0.2) is 48.5 Å². The van der Waals surface area contributed by atoms with Crippen molar-refractivity contribution >= 4 is 5.91 Å². The van der Waals surface area contributed by atoms with Crippen LogP contribution in [0.3, 0.4) is 0 Å². The molecular weight excluding hydrogens is 360 g/mol. The van der Waals surface area contributed by atoms with Crippen LogP contribution in [0.1, 0.15) is 41.6 Å². The highest BCUT2D eigenvalue weighted by molar-refractivity contribution is 5.80. The van der Waals surface area contributed by atoms with Crippen LogP contribution >= 0.6 is 0 Å². The number of amides is 1. The Hall–Kier alpha value is -2.17. The number of carbonyl (C=O) groups excluding carboxylic acids is 1. The molecule has 4 rings (SSSR count). The normalized spacial score (nSPS) is 24.1. The van der Waals surface area contributed by atoms with E-state index in [1.165, 1.54) is 22.3 Å². The maximum atomic E-state index is 13.0. The Morgan fingerprint density at radius 3 is 2.69 bits per heavy atom. The standard InChI is InChI=1S/C25H32N2O2/c1-19-9-10-20(2)23(13-19)15-26-11-12-29-18-25(16-26)14-24(28)27(17-25)21(3)22-7-5-4-6-8-22/h4-10,13,21H,11-12,14-18H2,1-3H3/t21-,25-/m0/s1. The number of carbonyl (C=O) groups is 1. The Labute approximate surface area is 174 Å². The minimum atomic E-state index is -0.117. The Morgan fingerprint density at radius 2 is 1.90 bits per heavy atom. The van der Waals surface area contributed by atoms with Crippen LogP contribution in [0.2, 0.25) is 0 Å². The van der Waals surface area contributed by atoms with Gasteiger partial charge in [-0.15, -0.1) is 0 Å². The summed E-state index contributed by atoms with van der Waals surface area (Å²) in [6.07, 6.45) is 0.577. The predicted octanol–water partition coefficient (Wildman–Crippen LogP) is 4.12. The minimum absolute atomic E-state index is 0.0961. The molecule has 2 aliphatic rings. The van der Waals surface area contributed by atoms with Crippen LogP contribution in [0.4, 0.5) is 0 Å². The van der Waals surface area contributed by atoms with Crippen molar-refractivity contribution in [3.8, 4) is 0 Å². The smallest absolute Gasteiger partial charge is 0.223 e. The molecule has 2 atom stereocenters. The third kappa shape index (κ3) is 4.39. The van der Waals surface area contributed by atoms with Crippen molar-refractivity contribution in [2.45, 2.75) is 39.8 Å². The van der Waals surface area contributed by atoms with Gasteiger partial charge < -0.3 is 9.64 Å². The quantitative estimate of drug-likeness (QED) is 0.785. The average Bonchev–Trinajstić information content (AvgIpc) is 2.90. The van der Waals surface area contributed by atoms with Crippen molar-refractivity contribution < 1.29 is 9.53 Å². The van der Waals surface area contributed by atoms with Gasteiger partial charge in [0.1, 0.15) is 0 Å². The number of rotatable bonds is 4. The lowest BCUT2D eigenvalue weighted by Crippen LogP contribution is -2.41. The number of nitrogens with zero attached hydrogens (tertiary/aromatic N) is 2. The summed E-state index contributed by atoms with van der Waals surface area (Å²) in [4.78, 5) is 17.5. The minimum Gasteiger partial charge on any atom is -0.379 e.